The van der Waals surface area contributed by atoms with E-state index in [4.69, 9.17) is 9.47 Å². The maximum Gasteiger partial charge on any atom is 0.346 e. The molecule has 0 unspecified atom stereocenters. The Bertz CT molecular complexity index is 996. The molecule has 132 valence electrons. The molecule has 2 heterocycles. The molecule has 2 aliphatic heterocycles. The van der Waals surface area contributed by atoms with Crippen LogP contribution in [0.2, 0.25) is 0 Å². The van der Waals surface area contributed by atoms with Crippen LogP contribution >= 0.6 is 0 Å². The van der Waals surface area contributed by atoms with Crippen molar-refractivity contribution in [3.63, 3.8) is 0 Å². The van der Waals surface area contributed by atoms with Crippen molar-refractivity contribution in [1.82, 2.24) is 0 Å². The molecule has 5 nitrogen and oxygen atoms in total. The molecule has 0 fully saturated rings. The van der Waals surface area contributed by atoms with E-state index in [1.54, 1.807) is 25.3 Å². The van der Waals surface area contributed by atoms with Crippen LogP contribution in [0.25, 0.3) is 5.57 Å². The van der Waals surface area contributed by atoms with Crippen LogP contribution in [0.3, 0.4) is 0 Å². The maximum atomic E-state index is 12.8. The zero-order valence-electron chi connectivity index (χ0n) is 15.1. The largest absolute Gasteiger partial charge is 0.497 e. The van der Waals surface area contributed by atoms with Gasteiger partial charge in [0.15, 0.2) is 0 Å². The van der Waals surface area contributed by atoms with E-state index in [-0.39, 0.29) is 22.5 Å². The molecule has 2 aromatic rings. The number of allylic oxidation sites excluding steroid dienone is 1. The molecular weight excluding hydrogens is 330 g/mol. The van der Waals surface area contributed by atoms with Crippen molar-refractivity contribution < 1.29 is 19.1 Å². The normalized spacial score (nSPS) is 18.3. The van der Waals surface area contributed by atoms with Gasteiger partial charge in [0.2, 0.25) is 5.78 Å². The predicted molar refractivity (Wildman–Crippen MR) is 98.6 cm³/mol. The summed E-state index contributed by atoms with van der Waals surface area (Å²) in [5.74, 6) is 0.382. The highest BCUT2D eigenvalue weighted by Gasteiger charge is 2.39. The zero-order valence-corrected chi connectivity index (χ0v) is 15.1. The lowest BCUT2D eigenvalue weighted by Crippen LogP contribution is -2.13. The standard InChI is InChI=1S/C21H19NO4/c1-21(2,3)14-10-11(25-4)9-13-16(20(24)26-19(13)14)17-18(23)12-7-5-6-8-15(12)22-17/h5-10,22H,1-4H3. The van der Waals surface area contributed by atoms with Gasteiger partial charge >= 0.3 is 5.97 Å². The topological polar surface area (TPSA) is 64.6 Å². The summed E-state index contributed by atoms with van der Waals surface area (Å²) in [4.78, 5) is 25.5. The number of para-hydroxylation sites is 1. The van der Waals surface area contributed by atoms with Gasteiger partial charge in [-0.3, -0.25) is 4.79 Å². The van der Waals surface area contributed by atoms with Crippen LogP contribution in [0.15, 0.2) is 42.1 Å². The first-order valence-corrected chi connectivity index (χ1v) is 8.41. The van der Waals surface area contributed by atoms with Gasteiger partial charge in [-0.25, -0.2) is 4.79 Å². The van der Waals surface area contributed by atoms with Gasteiger partial charge in [0, 0.05) is 22.4 Å². The molecular formula is C21H19NO4. The second-order valence-electron chi connectivity index (χ2n) is 7.44. The van der Waals surface area contributed by atoms with Gasteiger partial charge < -0.3 is 14.8 Å². The van der Waals surface area contributed by atoms with Gasteiger partial charge in [-0.2, -0.15) is 0 Å². The Balaban J connectivity index is 1.96. The second kappa shape index (κ2) is 5.46. The minimum atomic E-state index is -0.526. The fourth-order valence-electron chi connectivity index (χ4n) is 3.36. The Labute approximate surface area is 151 Å². The molecule has 0 bridgehead atoms. The van der Waals surface area contributed by atoms with Crippen molar-refractivity contribution >= 4 is 23.0 Å². The number of benzene rings is 2. The molecule has 26 heavy (non-hydrogen) atoms. The summed E-state index contributed by atoms with van der Waals surface area (Å²) in [7, 11) is 1.58. The van der Waals surface area contributed by atoms with E-state index < -0.39 is 5.97 Å². The number of ether oxygens (including phenoxy) is 2. The Morgan fingerprint density at radius 2 is 1.77 bits per heavy atom. The summed E-state index contributed by atoms with van der Waals surface area (Å²) in [5, 5.41) is 3.08. The number of carbonyl (C=O) groups excluding carboxylic acids is 2. The first-order chi connectivity index (χ1) is 12.3. The number of ketones is 1. The minimum Gasteiger partial charge on any atom is -0.497 e. The molecule has 2 aliphatic rings. The number of esters is 1. The molecule has 1 N–H and O–H groups in total. The lowest BCUT2D eigenvalue weighted by Gasteiger charge is -2.22. The van der Waals surface area contributed by atoms with Crippen molar-refractivity contribution in [3.05, 3.63) is 58.8 Å². The maximum absolute atomic E-state index is 12.8. The number of carbonyl (C=O) groups is 2. The molecule has 0 atom stereocenters. The first kappa shape index (κ1) is 16.4. The summed E-state index contributed by atoms with van der Waals surface area (Å²) in [6, 6.07) is 10.8. The van der Waals surface area contributed by atoms with E-state index in [2.05, 4.69) is 5.32 Å². The Hall–Kier alpha value is -3.08. The smallest absolute Gasteiger partial charge is 0.346 e. The monoisotopic (exact) mass is 349 g/mol. The Morgan fingerprint density at radius 3 is 2.42 bits per heavy atom. The first-order valence-electron chi connectivity index (χ1n) is 8.41. The third-order valence-corrected chi connectivity index (χ3v) is 4.68. The van der Waals surface area contributed by atoms with Gasteiger partial charge in [-0.15, -0.1) is 0 Å². The average molecular weight is 349 g/mol. The quantitative estimate of drug-likeness (QED) is 0.480. The van der Waals surface area contributed by atoms with E-state index in [0.29, 0.717) is 28.3 Å². The van der Waals surface area contributed by atoms with Crippen molar-refractivity contribution in [2.75, 3.05) is 12.4 Å². The number of Topliss-reactive ketones (excluding diaryl/α,β-unsaturated/α-hetero) is 1. The SMILES string of the molecule is COc1cc2c(c(C(C)(C)C)c1)OC(=O)C2=C1Nc2ccccc2C1=O. The Kier molecular flexibility index (Phi) is 3.44. The van der Waals surface area contributed by atoms with Crippen LogP contribution in [0, 0.1) is 0 Å². The molecule has 0 amide bonds. The fraction of sp³-hybridized carbons (Fsp3) is 0.238. The molecule has 4 rings (SSSR count). The Morgan fingerprint density at radius 1 is 1.04 bits per heavy atom. The van der Waals surface area contributed by atoms with Gasteiger partial charge in [-0.1, -0.05) is 32.9 Å². The summed E-state index contributed by atoms with van der Waals surface area (Å²) in [6.07, 6.45) is 0. The van der Waals surface area contributed by atoms with Gasteiger partial charge in [-0.05, 0) is 29.7 Å². The van der Waals surface area contributed by atoms with Crippen molar-refractivity contribution in [3.8, 4) is 11.5 Å². The number of fused-ring (bicyclic) bond motifs is 2. The minimum absolute atomic E-state index is 0.208. The van der Waals surface area contributed by atoms with E-state index in [9.17, 15) is 9.59 Å². The van der Waals surface area contributed by atoms with Crippen molar-refractivity contribution in [2.45, 2.75) is 26.2 Å². The number of anilines is 1. The second-order valence-corrected chi connectivity index (χ2v) is 7.44. The molecule has 0 saturated carbocycles. The number of nitrogens with one attached hydrogen (secondary N) is 1. The molecule has 2 aromatic carbocycles. The molecule has 0 radical (unpaired) electrons. The summed E-state index contributed by atoms with van der Waals surface area (Å²) >= 11 is 0. The van der Waals surface area contributed by atoms with E-state index in [1.807, 2.05) is 39.0 Å². The number of hydrogen-bond donors (Lipinski definition) is 1. The molecule has 5 heteroatoms. The highest BCUT2D eigenvalue weighted by Crippen LogP contribution is 2.46. The van der Waals surface area contributed by atoms with Crippen LogP contribution in [0.5, 0.6) is 11.5 Å². The fourth-order valence-corrected chi connectivity index (χ4v) is 3.36. The van der Waals surface area contributed by atoms with Crippen LogP contribution in [0.4, 0.5) is 5.69 Å². The van der Waals surface area contributed by atoms with Crippen molar-refractivity contribution in [1.29, 1.82) is 0 Å². The number of hydrogen-bond acceptors (Lipinski definition) is 5. The lowest BCUT2D eigenvalue weighted by molar-refractivity contribution is -0.127. The van der Waals surface area contributed by atoms with E-state index in [0.717, 1.165) is 5.56 Å². The van der Waals surface area contributed by atoms with E-state index >= 15 is 0 Å². The number of rotatable bonds is 1. The van der Waals surface area contributed by atoms with Gasteiger partial charge in [0.05, 0.1) is 12.7 Å². The van der Waals surface area contributed by atoms with Crippen LogP contribution < -0.4 is 14.8 Å². The summed E-state index contributed by atoms with van der Waals surface area (Å²) in [5.41, 5.74) is 2.94. The third kappa shape index (κ3) is 2.31. The average Bonchev–Trinajstić information content (AvgIpc) is 3.09. The van der Waals surface area contributed by atoms with Crippen LogP contribution in [-0.4, -0.2) is 18.9 Å². The molecule has 0 saturated heterocycles. The molecule has 0 aliphatic carbocycles. The highest BCUT2D eigenvalue weighted by molar-refractivity contribution is 6.33. The number of methoxy groups -OCH3 is 1. The van der Waals surface area contributed by atoms with Crippen molar-refractivity contribution in [2.24, 2.45) is 0 Å². The molecule has 0 spiro atoms. The van der Waals surface area contributed by atoms with Gasteiger partial charge in [0.1, 0.15) is 17.2 Å². The summed E-state index contributed by atoms with van der Waals surface area (Å²) < 4.78 is 11.0. The van der Waals surface area contributed by atoms with Crippen LogP contribution in [0.1, 0.15) is 42.3 Å². The summed E-state index contributed by atoms with van der Waals surface area (Å²) in [6.45, 7) is 6.11. The predicted octanol–water partition coefficient (Wildman–Crippen LogP) is 3.93. The molecule has 0 aromatic heterocycles. The van der Waals surface area contributed by atoms with Crippen LogP contribution in [-0.2, 0) is 10.2 Å². The zero-order chi connectivity index (χ0) is 18.6. The van der Waals surface area contributed by atoms with Gasteiger partial charge in [0.25, 0.3) is 0 Å². The highest BCUT2D eigenvalue weighted by atomic mass is 16.5. The third-order valence-electron chi connectivity index (χ3n) is 4.68. The van der Waals surface area contributed by atoms with E-state index in [1.165, 1.54) is 0 Å². The lowest BCUT2D eigenvalue weighted by atomic mass is 9.84.